The fraction of sp³-hybridized carbons (Fsp3) is 0.316. The number of rotatable bonds is 3. The molecule has 0 unspecified atom stereocenters. The molecule has 0 bridgehead atoms. The van der Waals surface area contributed by atoms with Gasteiger partial charge >= 0.3 is 0 Å². The molecule has 0 spiro atoms. The predicted octanol–water partition coefficient (Wildman–Crippen LogP) is 4.52. The number of nitrogens with zero attached hydrogens (tertiary/aromatic N) is 1. The minimum atomic E-state index is -0.198. The summed E-state index contributed by atoms with van der Waals surface area (Å²) in [5.74, 6) is 1.07. The summed E-state index contributed by atoms with van der Waals surface area (Å²) < 4.78 is 16.4. The quantitative estimate of drug-likeness (QED) is 0.766. The first-order valence-corrected chi connectivity index (χ1v) is 7.71. The monoisotopic (exact) mass is 327 g/mol. The lowest BCUT2D eigenvalue weighted by Gasteiger charge is -2.20. The first-order valence-electron chi connectivity index (χ1n) is 7.71. The molecule has 3 aromatic rings. The number of aromatic nitrogens is 1. The number of phenolic OH excluding ortho intramolecular Hbond substituents is 1. The van der Waals surface area contributed by atoms with Crippen LogP contribution in [0.25, 0.3) is 22.2 Å². The van der Waals surface area contributed by atoms with Gasteiger partial charge in [0.25, 0.3) is 0 Å². The van der Waals surface area contributed by atoms with Crippen LogP contribution in [-0.2, 0) is 5.41 Å². The number of hydrogen-bond acceptors (Lipinski definition) is 5. The van der Waals surface area contributed by atoms with Crippen LogP contribution in [0.2, 0.25) is 0 Å². The molecule has 0 aliphatic carbocycles. The molecule has 0 saturated carbocycles. The van der Waals surface area contributed by atoms with Crippen LogP contribution in [0.4, 0.5) is 0 Å². The van der Waals surface area contributed by atoms with Gasteiger partial charge in [-0.25, -0.2) is 0 Å². The fourth-order valence-electron chi connectivity index (χ4n) is 2.82. The Hall–Kier alpha value is -2.69. The second kappa shape index (κ2) is 5.74. The van der Waals surface area contributed by atoms with Crippen molar-refractivity contribution in [3.63, 3.8) is 0 Å². The van der Waals surface area contributed by atoms with Crippen molar-refractivity contribution < 1.29 is 19.1 Å². The lowest BCUT2D eigenvalue weighted by Crippen LogP contribution is -2.11. The van der Waals surface area contributed by atoms with E-state index >= 15 is 0 Å². The highest BCUT2D eigenvalue weighted by Crippen LogP contribution is 2.46. The first kappa shape index (κ1) is 16.2. The Kier molecular flexibility index (Phi) is 3.87. The molecule has 5 nitrogen and oxygen atoms in total. The topological polar surface area (TPSA) is 64.7 Å². The highest BCUT2D eigenvalue weighted by molar-refractivity contribution is 6.00. The predicted molar refractivity (Wildman–Crippen MR) is 92.9 cm³/mol. The van der Waals surface area contributed by atoms with Gasteiger partial charge in [0.15, 0.2) is 17.1 Å². The number of benzene rings is 2. The van der Waals surface area contributed by atoms with E-state index in [0.29, 0.717) is 28.2 Å². The normalized spacial score (nSPS) is 11.7. The van der Waals surface area contributed by atoms with Gasteiger partial charge in [0.2, 0.25) is 0 Å². The van der Waals surface area contributed by atoms with Crippen LogP contribution < -0.4 is 9.47 Å². The van der Waals surface area contributed by atoms with Crippen LogP contribution in [0, 0.1) is 0 Å². The van der Waals surface area contributed by atoms with Gasteiger partial charge < -0.3 is 19.1 Å². The van der Waals surface area contributed by atoms with Crippen molar-refractivity contribution in [2.75, 3.05) is 14.2 Å². The average Bonchev–Trinajstić information content (AvgIpc) is 2.99. The number of aromatic hydroxyl groups is 1. The minimum absolute atomic E-state index is 0.0163. The maximum atomic E-state index is 10.7. The summed E-state index contributed by atoms with van der Waals surface area (Å²) in [7, 11) is 3.13. The first-order chi connectivity index (χ1) is 11.4. The Balaban J connectivity index is 2.40. The Morgan fingerprint density at radius 1 is 1.04 bits per heavy atom. The van der Waals surface area contributed by atoms with Gasteiger partial charge in [0.05, 0.1) is 19.6 Å². The molecule has 0 atom stereocenters. The van der Waals surface area contributed by atoms with Crippen molar-refractivity contribution >= 4 is 11.0 Å². The van der Waals surface area contributed by atoms with Crippen LogP contribution >= 0.6 is 0 Å². The minimum Gasteiger partial charge on any atom is -0.504 e. The van der Waals surface area contributed by atoms with Crippen LogP contribution in [0.3, 0.4) is 0 Å². The molecule has 1 heterocycles. The maximum Gasteiger partial charge on any atom is 0.175 e. The van der Waals surface area contributed by atoms with Gasteiger partial charge in [0, 0.05) is 11.1 Å². The summed E-state index contributed by atoms with van der Waals surface area (Å²) in [5, 5.41) is 15.4. The Morgan fingerprint density at radius 2 is 1.71 bits per heavy atom. The van der Waals surface area contributed by atoms with Gasteiger partial charge in [-0.1, -0.05) is 38.1 Å². The van der Waals surface area contributed by atoms with E-state index in [9.17, 15) is 5.11 Å². The Labute approximate surface area is 140 Å². The van der Waals surface area contributed by atoms with E-state index in [-0.39, 0.29) is 11.2 Å². The lowest BCUT2D eigenvalue weighted by atomic mass is 9.85. The van der Waals surface area contributed by atoms with E-state index in [1.807, 2.05) is 24.3 Å². The van der Waals surface area contributed by atoms with Crippen LogP contribution in [0.5, 0.6) is 17.2 Å². The molecular formula is C19H21NO4. The maximum absolute atomic E-state index is 10.7. The fourth-order valence-corrected chi connectivity index (χ4v) is 2.82. The second-order valence-corrected chi connectivity index (χ2v) is 6.66. The van der Waals surface area contributed by atoms with Crippen LogP contribution in [0.1, 0.15) is 26.3 Å². The number of phenols is 1. The van der Waals surface area contributed by atoms with Crippen LogP contribution in [-0.4, -0.2) is 24.5 Å². The molecule has 0 amide bonds. The Morgan fingerprint density at radius 3 is 2.33 bits per heavy atom. The van der Waals surface area contributed by atoms with E-state index in [0.717, 1.165) is 11.1 Å². The van der Waals surface area contributed by atoms with Crippen molar-refractivity contribution in [2.24, 2.45) is 0 Å². The molecule has 0 aliphatic heterocycles. The second-order valence-electron chi connectivity index (χ2n) is 6.66. The van der Waals surface area contributed by atoms with Gasteiger partial charge in [0.1, 0.15) is 11.4 Å². The molecule has 0 saturated heterocycles. The van der Waals surface area contributed by atoms with Crippen molar-refractivity contribution in [1.29, 1.82) is 0 Å². The van der Waals surface area contributed by atoms with Crippen LogP contribution in [0.15, 0.2) is 34.9 Å². The number of para-hydroxylation sites is 1. The lowest BCUT2D eigenvalue weighted by molar-refractivity contribution is 0.374. The Bertz CT molecular complexity index is 890. The van der Waals surface area contributed by atoms with Crippen molar-refractivity contribution in [3.8, 4) is 28.5 Å². The summed E-state index contributed by atoms with van der Waals surface area (Å²) in [6.45, 7) is 6.22. The van der Waals surface area contributed by atoms with E-state index in [4.69, 9.17) is 14.0 Å². The zero-order valence-electron chi connectivity index (χ0n) is 14.5. The molecule has 5 heteroatoms. The smallest absolute Gasteiger partial charge is 0.175 e. The number of fused-ring (bicyclic) bond motifs is 1. The van der Waals surface area contributed by atoms with E-state index < -0.39 is 0 Å². The molecule has 0 radical (unpaired) electrons. The highest BCUT2D eigenvalue weighted by atomic mass is 16.5. The SMILES string of the molecule is COc1ccccc1-c1noc2c(C(C)(C)C)cc(OC)c(O)c12. The number of methoxy groups -OCH3 is 2. The molecule has 0 fully saturated rings. The molecule has 24 heavy (non-hydrogen) atoms. The summed E-state index contributed by atoms with van der Waals surface area (Å²) in [6, 6.07) is 9.30. The largest absolute Gasteiger partial charge is 0.504 e. The standard InChI is InChI=1S/C19H21NO4/c1-19(2,3)12-10-14(23-5)17(21)15-16(20-24-18(12)15)11-8-6-7-9-13(11)22-4/h6-10,21H,1-5H3. The van der Waals surface area contributed by atoms with Crippen molar-refractivity contribution in [1.82, 2.24) is 5.16 Å². The zero-order chi connectivity index (χ0) is 17.5. The molecule has 0 aliphatic rings. The summed E-state index contributed by atoms with van der Waals surface area (Å²) in [6.07, 6.45) is 0. The average molecular weight is 327 g/mol. The van der Waals surface area contributed by atoms with Gasteiger partial charge in [-0.15, -0.1) is 0 Å². The van der Waals surface area contributed by atoms with Gasteiger partial charge in [-0.3, -0.25) is 0 Å². The molecule has 2 aromatic carbocycles. The van der Waals surface area contributed by atoms with E-state index in [1.165, 1.54) is 7.11 Å². The summed E-state index contributed by atoms with van der Waals surface area (Å²) >= 11 is 0. The molecule has 1 N–H and O–H groups in total. The summed E-state index contributed by atoms with van der Waals surface area (Å²) in [5.41, 5.74) is 2.56. The zero-order valence-corrected chi connectivity index (χ0v) is 14.5. The van der Waals surface area contributed by atoms with Gasteiger partial charge in [-0.2, -0.15) is 0 Å². The molecule has 126 valence electrons. The molecular weight excluding hydrogens is 306 g/mol. The van der Waals surface area contributed by atoms with Crippen molar-refractivity contribution in [2.45, 2.75) is 26.2 Å². The molecule has 1 aromatic heterocycles. The summed E-state index contributed by atoms with van der Waals surface area (Å²) in [4.78, 5) is 0. The number of hydrogen-bond donors (Lipinski definition) is 1. The number of ether oxygens (including phenoxy) is 2. The highest BCUT2D eigenvalue weighted by Gasteiger charge is 2.28. The van der Waals surface area contributed by atoms with Gasteiger partial charge in [-0.05, 0) is 23.6 Å². The third-order valence-electron chi connectivity index (χ3n) is 4.07. The third-order valence-corrected chi connectivity index (χ3v) is 4.07. The van der Waals surface area contributed by atoms with Crippen molar-refractivity contribution in [3.05, 3.63) is 35.9 Å². The third kappa shape index (κ3) is 2.46. The molecule has 3 rings (SSSR count). The van der Waals surface area contributed by atoms with E-state index in [2.05, 4.69) is 25.9 Å². The van der Waals surface area contributed by atoms with E-state index in [1.54, 1.807) is 13.2 Å².